The van der Waals surface area contributed by atoms with Crippen molar-refractivity contribution in [3.8, 4) is 10.8 Å². The van der Waals surface area contributed by atoms with E-state index in [9.17, 15) is 0 Å². The maximum atomic E-state index is 6.30. The fraction of sp³-hybridized carbons (Fsp3) is 0.0833. The third-order valence-electron chi connectivity index (χ3n) is 2.39. The zero-order valence-electron chi connectivity index (χ0n) is 9.15. The highest BCUT2D eigenvalue weighted by molar-refractivity contribution is 7.13. The summed E-state index contributed by atoms with van der Waals surface area (Å²) in [6, 6.07) is 9.63. The Labute approximate surface area is 112 Å². The van der Waals surface area contributed by atoms with Crippen molar-refractivity contribution in [1.29, 1.82) is 0 Å². The van der Waals surface area contributed by atoms with Gasteiger partial charge in [-0.2, -0.15) is 0 Å². The molecule has 18 heavy (non-hydrogen) atoms. The van der Waals surface area contributed by atoms with Gasteiger partial charge in [-0.3, -0.25) is 4.98 Å². The molecule has 1 aromatic carbocycles. The van der Waals surface area contributed by atoms with Crippen LogP contribution in [0.1, 0.15) is 16.8 Å². The first-order valence-electron chi connectivity index (χ1n) is 5.26. The number of nitrogens with zero attached hydrogens (tertiary/aromatic N) is 3. The summed E-state index contributed by atoms with van der Waals surface area (Å²) in [4.78, 5) is 4.81. The Hall–Kier alpha value is -1.72. The van der Waals surface area contributed by atoms with Crippen LogP contribution in [0, 0.1) is 0 Å². The Kier molecular flexibility index (Phi) is 3.08. The van der Waals surface area contributed by atoms with Gasteiger partial charge in [-0.25, -0.2) is 0 Å². The van der Waals surface area contributed by atoms with Gasteiger partial charge in [0.25, 0.3) is 5.89 Å². The van der Waals surface area contributed by atoms with E-state index < -0.39 is 5.38 Å². The molecule has 0 amide bonds. The van der Waals surface area contributed by atoms with Crippen LogP contribution in [0.4, 0.5) is 0 Å². The van der Waals surface area contributed by atoms with Crippen molar-refractivity contribution in [2.45, 2.75) is 5.38 Å². The zero-order valence-corrected chi connectivity index (χ0v) is 10.7. The molecule has 0 aliphatic rings. The molecule has 1 unspecified atom stereocenters. The molecule has 0 aliphatic carbocycles. The molecule has 0 fully saturated rings. The van der Waals surface area contributed by atoms with Gasteiger partial charge in [0.1, 0.15) is 10.3 Å². The van der Waals surface area contributed by atoms with Gasteiger partial charge >= 0.3 is 0 Å². The Morgan fingerprint density at radius 2 is 2.00 bits per heavy atom. The van der Waals surface area contributed by atoms with Crippen LogP contribution in [0.3, 0.4) is 0 Å². The maximum Gasteiger partial charge on any atom is 0.259 e. The second kappa shape index (κ2) is 4.88. The average Bonchev–Trinajstić information content (AvgIpc) is 3.09. The highest BCUT2D eigenvalue weighted by atomic mass is 35.5. The van der Waals surface area contributed by atoms with Crippen LogP contribution in [0.15, 0.2) is 46.5 Å². The molecule has 4 nitrogen and oxygen atoms in total. The van der Waals surface area contributed by atoms with Crippen molar-refractivity contribution < 1.29 is 4.42 Å². The van der Waals surface area contributed by atoms with Crippen molar-refractivity contribution in [2.75, 3.05) is 0 Å². The van der Waals surface area contributed by atoms with Gasteiger partial charge in [-0.1, -0.05) is 30.3 Å². The Bertz CT molecular complexity index is 624. The molecule has 2 aromatic heterocycles. The predicted molar refractivity (Wildman–Crippen MR) is 69.5 cm³/mol. The molecule has 0 N–H and O–H groups in total. The maximum absolute atomic E-state index is 6.30. The van der Waals surface area contributed by atoms with E-state index >= 15 is 0 Å². The van der Waals surface area contributed by atoms with Crippen LogP contribution in [-0.2, 0) is 0 Å². The van der Waals surface area contributed by atoms with Crippen LogP contribution in [-0.4, -0.2) is 15.2 Å². The lowest BCUT2D eigenvalue weighted by Crippen LogP contribution is -1.92. The molecule has 3 rings (SSSR count). The van der Waals surface area contributed by atoms with Crippen molar-refractivity contribution >= 4 is 22.9 Å². The zero-order chi connectivity index (χ0) is 12.4. The number of rotatable bonds is 3. The molecule has 1 atom stereocenters. The third-order valence-corrected chi connectivity index (χ3v) is 3.59. The molecule has 2 heterocycles. The van der Waals surface area contributed by atoms with E-state index in [4.69, 9.17) is 16.0 Å². The summed E-state index contributed by atoms with van der Waals surface area (Å²) in [5, 5.41) is 7.52. The Balaban J connectivity index is 1.90. The average molecular weight is 278 g/mol. The molecular weight excluding hydrogens is 270 g/mol. The van der Waals surface area contributed by atoms with Gasteiger partial charge in [-0.05, 0) is 5.56 Å². The molecule has 0 spiro atoms. The van der Waals surface area contributed by atoms with Crippen molar-refractivity contribution in [3.05, 3.63) is 53.5 Å². The molecular formula is C12H8ClN3OS. The number of aromatic nitrogens is 3. The monoisotopic (exact) mass is 277 g/mol. The van der Waals surface area contributed by atoms with Crippen LogP contribution in [0.2, 0.25) is 0 Å². The minimum absolute atomic E-state index is 0.395. The van der Waals surface area contributed by atoms with Gasteiger partial charge in [0.15, 0.2) is 0 Å². The van der Waals surface area contributed by atoms with Crippen molar-refractivity contribution in [2.24, 2.45) is 0 Å². The van der Waals surface area contributed by atoms with E-state index in [1.54, 1.807) is 11.7 Å². The summed E-state index contributed by atoms with van der Waals surface area (Å²) < 4.78 is 5.56. The molecule has 0 radical (unpaired) electrons. The highest BCUT2D eigenvalue weighted by Crippen LogP contribution is 2.30. The van der Waals surface area contributed by atoms with E-state index in [1.165, 1.54) is 11.3 Å². The van der Waals surface area contributed by atoms with Gasteiger partial charge in [0.05, 0.1) is 11.7 Å². The molecule has 0 saturated carbocycles. The summed E-state index contributed by atoms with van der Waals surface area (Å²) >= 11 is 7.74. The van der Waals surface area contributed by atoms with Gasteiger partial charge in [0, 0.05) is 0 Å². The van der Waals surface area contributed by atoms with Crippen LogP contribution < -0.4 is 0 Å². The summed E-state index contributed by atoms with van der Waals surface area (Å²) in [6.07, 6.45) is 1.69. The normalized spacial score (nSPS) is 12.5. The van der Waals surface area contributed by atoms with Crippen molar-refractivity contribution in [3.63, 3.8) is 0 Å². The highest BCUT2D eigenvalue weighted by Gasteiger charge is 2.18. The standard InChI is InChI=1S/C12H8ClN3OS/c13-10(8-4-2-1-3-5-8)12-16-15-11(17-12)9-6-14-7-18-9/h1-7,10H. The lowest BCUT2D eigenvalue weighted by molar-refractivity contribution is 0.514. The summed E-state index contributed by atoms with van der Waals surface area (Å²) in [5.74, 6) is 0.848. The summed E-state index contributed by atoms with van der Waals surface area (Å²) in [7, 11) is 0. The lowest BCUT2D eigenvalue weighted by atomic mass is 10.1. The largest absolute Gasteiger partial charge is 0.418 e. The van der Waals surface area contributed by atoms with Crippen molar-refractivity contribution in [1.82, 2.24) is 15.2 Å². The first kappa shape index (κ1) is 11.4. The predicted octanol–water partition coefficient (Wildman–Crippen LogP) is 3.52. The fourth-order valence-electron chi connectivity index (χ4n) is 1.52. The number of benzene rings is 1. The van der Waals surface area contributed by atoms with Crippen LogP contribution >= 0.6 is 22.9 Å². The van der Waals surface area contributed by atoms with Crippen LogP contribution in [0.25, 0.3) is 10.8 Å². The van der Waals surface area contributed by atoms with E-state index in [2.05, 4.69) is 15.2 Å². The minimum atomic E-state index is -0.430. The topological polar surface area (TPSA) is 51.8 Å². The minimum Gasteiger partial charge on any atom is -0.418 e. The quantitative estimate of drug-likeness (QED) is 0.687. The second-order valence-electron chi connectivity index (χ2n) is 3.58. The molecule has 90 valence electrons. The SMILES string of the molecule is ClC(c1ccccc1)c1nnc(-c2cncs2)o1. The number of hydrogen-bond donors (Lipinski definition) is 0. The van der Waals surface area contributed by atoms with Crippen LogP contribution in [0.5, 0.6) is 0 Å². The van der Waals surface area contributed by atoms with Gasteiger partial charge in [-0.15, -0.1) is 33.1 Å². The van der Waals surface area contributed by atoms with Gasteiger partial charge < -0.3 is 4.42 Å². The number of thiazole rings is 1. The number of halogens is 1. The lowest BCUT2D eigenvalue weighted by Gasteiger charge is -2.03. The molecule has 0 saturated heterocycles. The third kappa shape index (κ3) is 2.14. The van der Waals surface area contributed by atoms with E-state index in [-0.39, 0.29) is 0 Å². The first-order valence-corrected chi connectivity index (χ1v) is 6.57. The fourth-order valence-corrected chi connectivity index (χ4v) is 2.30. The first-order chi connectivity index (χ1) is 8.84. The van der Waals surface area contributed by atoms with E-state index in [0.717, 1.165) is 10.4 Å². The molecule has 3 aromatic rings. The molecule has 0 bridgehead atoms. The smallest absolute Gasteiger partial charge is 0.259 e. The van der Waals surface area contributed by atoms with E-state index in [0.29, 0.717) is 11.8 Å². The number of alkyl halides is 1. The Morgan fingerprint density at radius 1 is 1.17 bits per heavy atom. The summed E-state index contributed by atoms with van der Waals surface area (Å²) in [6.45, 7) is 0. The van der Waals surface area contributed by atoms with E-state index in [1.807, 2.05) is 30.3 Å². The Morgan fingerprint density at radius 3 is 2.72 bits per heavy atom. The second-order valence-corrected chi connectivity index (χ2v) is 4.91. The molecule has 6 heteroatoms. The van der Waals surface area contributed by atoms with Gasteiger partial charge in [0.2, 0.25) is 5.89 Å². The summed E-state index contributed by atoms with van der Waals surface area (Å²) in [5.41, 5.74) is 2.65. The molecule has 0 aliphatic heterocycles. The number of hydrogen-bond acceptors (Lipinski definition) is 5.